The highest BCUT2D eigenvalue weighted by Crippen LogP contribution is 2.19. The fraction of sp³-hybridized carbons (Fsp3) is 0.278. The van der Waals surface area contributed by atoms with Gasteiger partial charge in [-0.2, -0.15) is 0 Å². The van der Waals surface area contributed by atoms with Crippen LogP contribution < -0.4 is 10.2 Å². The predicted octanol–water partition coefficient (Wildman–Crippen LogP) is 2.91. The first-order valence-corrected chi connectivity index (χ1v) is 8.65. The van der Waals surface area contributed by atoms with Gasteiger partial charge >= 0.3 is 0 Å². The highest BCUT2D eigenvalue weighted by atomic mass is 79.9. The topological polar surface area (TPSA) is 33.5 Å². The molecule has 1 saturated carbocycles. The quantitative estimate of drug-likeness (QED) is 0.774. The first-order chi connectivity index (χ1) is 11.5. The first-order valence-electron chi connectivity index (χ1n) is 7.86. The number of halogens is 3. The van der Waals surface area contributed by atoms with Crippen LogP contribution in [0.4, 0.5) is 14.5 Å². The van der Waals surface area contributed by atoms with Gasteiger partial charge in [0.1, 0.15) is 18.2 Å². The molecule has 2 aromatic carbocycles. The summed E-state index contributed by atoms with van der Waals surface area (Å²) in [5, 5.41) is 2.60. The van der Waals surface area contributed by atoms with E-state index >= 15 is 0 Å². The van der Waals surface area contributed by atoms with Gasteiger partial charge in [-0.15, -0.1) is 0 Å². The zero-order valence-electron chi connectivity index (χ0n) is 13.0. The van der Waals surface area contributed by atoms with Crippen LogP contribution in [0.1, 0.15) is 18.4 Å². The number of amides is 1. The molecule has 3 nitrogen and oxygen atoms in total. The largest absolute Gasteiger partial charge is 0.321 e. The van der Waals surface area contributed by atoms with E-state index in [2.05, 4.69) is 21.2 Å². The SMILES string of the molecule is O=C(C[NH+](Cc1ccccc1F)C1CC1)Nc1ccc(Br)cc1F. The number of carbonyl (C=O) groups is 1. The van der Waals surface area contributed by atoms with Crippen molar-refractivity contribution >= 4 is 27.5 Å². The van der Waals surface area contributed by atoms with E-state index in [-0.39, 0.29) is 24.0 Å². The number of anilines is 1. The summed E-state index contributed by atoms with van der Waals surface area (Å²) in [6, 6.07) is 11.5. The summed E-state index contributed by atoms with van der Waals surface area (Å²) in [5.74, 6) is -1.01. The molecule has 126 valence electrons. The lowest BCUT2D eigenvalue weighted by atomic mass is 10.2. The number of hydrogen-bond donors (Lipinski definition) is 2. The zero-order chi connectivity index (χ0) is 17.1. The van der Waals surface area contributed by atoms with Crippen LogP contribution in [0.3, 0.4) is 0 Å². The summed E-state index contributed by atoms with van der Waals surface area (Å²) in [6.45, 7) is 0.641. The maximum Gasteiger partial charge on any atom is 0.279 e. The minimum Gasteiger partial charge on any atom is -0.321 e. The summed E-state index contributed by atoms with van der Waals surface area (Å²) in [5.41, 5.74) is 0.756. The van der Waals surface area contributed by atoms with E-state index in [1.54, 1.807) is 24.3 Å². The molecule has 1 aliphatic carbocycles. The standard InChI is InChI=1S/C18H17BrF2N2O/c19-13-5-8-17(16(21)9-13)22-18(24)11-23(14-6-7-14)10-12-3-1-2-4-15(12)20/h1-5,8-9,14H,6-7,10-11H2,(H,22,24)/p+1. The Hall–Kier alpha value is -1.79. The van der Waals surface area contributed by atoms with Crippen molar-refractivity contribution in [2.45, 2.75) is 25.4 Å². The Kier molecular flexibility index (Phi) is 5.26. The molecule has 6 heteroatoms. The van der Waals surface area contributed by atoms with Gasteiger partial charge in [-0.3, -0.25) is 4.79 Å². The van der Waals surface area contributed by atoms with Crippen LogP contribution in [0.5, 0.6) is 0 Å². The summed E-state index contributed by atoms with van der Waals surface area (Å²) in [6.07, 6.45) is 2.06. The normalized spacial score (nSPS) is 15.1. The number of benzene rings is 2. The molecule has 2 N–H and O–H groups in total. The Morgan fingerprint density at radius 1 is 1.17 bits per heavy atom. The van der Waals surface area contributed by atoms with E-state index in [9.17, 15) is 13.6 Å². The van der Waals surface area contributed by atoms with Crippen molar-refractivity contribution in [1.29, 1.82) is 0 Å². The fourth-order valence-corrected chi connectivity index (χ4v) is 3.05. The average molecular weight is 396 g/mol. The van der Waals surface area contributed by atoms with Crippen LogP contribution in [0.2, 0.25) is 0 Å². The van der Waals surface area contributed by atoms with E-state index in [1.807, 2.05) is 0 Å². The number of rotatable bonds is 6. The maximum atomic E-state index is 13.8. The van der Waals surface area contributed by atoms with Crippen molar-refractivity contribution < 1.29 is 18.5 Å². The van der Waals surface area contributed by atoms with E-state index < -0.39 is 5.82 Å². The molecule has 0 bridgehead atoms. The maximum absolute atomic E-state index is 13.8. The van der Waals surface area contributed by atoms with Gasteiger partial charge in [0.25, 0.3) is 5.91 Å². The molecule has 1 aliphatic rings. The molecular weight excluding hydrogens is 378 g/mol. The number of hydrogen-bond acceptors (Lipinski definition) is 1. The Labute approximate surface area is 147 Å². The Morgan fingerprint density at radius 3 is 2.58 bits per heavy atom. The van der Waals surface area contributed by atoms with Crippen molar-refractivity contribution in [3.8, 4) is 0 Å². The van der Waals surface area contributed by atoms with Crippen LogP contribution >= 0.6 is 15.9 Å². The molecule has 2 aromatic rings. The lowest BCUT2D eigenvalue weighted by Gasteiger charge is -2.19. The van der Waals surface area contributed by atoms with Gasteiger partial charge in [-0.05, 0) is 24.3 Å². The Bertz CT molecular complexity index is 750. The van der Waals surface area contributed by atoms with Crippen LogP contribution in [0.15, 0.2) is 46.9 Å². The molecule has 0 aromatic heterocycles. The number of quaternary nitrogens is 1. The second-order valence-electron chi connectivity index (χ2n) is 6.05. The van der Waals surface area contributed by atoms with E-state index in [0.29, 0.717) is 22.6 Å². The molecule has 3 rings (SSSR count). The van der Waals surface area contributed by atoms with Crippen molar-refractivity contribution in [3.05, 3.63) is 64.1 Å². The highest BCUT2D eigenvalue weighted by Gasteiger charge is 2.35. The van der Waals surface area contributed by atoms with Gasteiger partial charge in [0.05, 0.1) is 11.7 Å². The minimum atomic E-state index is -0.486. The number of carbonyl (C=O) groups excluding carboxylic acids is 1. The molecule has 24 heavy (non-hydrogen) atoms. The molecule has 1 unspecified atom stereocenters. The molecule has 0 saturated heterocycles. The third-order valence-corrected chi connectivity index (χ3v) is 4.62. The van der Waals surface area contributed by atoms with E-state index in [0.717, 1.165) is 17.7 Å². The van der Waals surface area contributed by atoms with Crippen LogP contribution in [-0.4, -0.2) is 18.5 Å². The van der Waals surface area contributed by atoms with Crippen LogP contribution in [0.25, 0.3) is 0 Å². The predicted molar refractivity (Wildman–Crippen MR) is 91.7 cm³/mol. The van der Waals surface area contributed by atoms with E-state index in [1.165, 1.54) is 18.2 Å². The Morgan fingerprint density at radius 2 is 1.92 bits per heavy atom. The zero-order valence-corrected chi connectivity index (χ0v) is 14.6. The molecule has 0 spiro atoms. The van der Waals surface area contributed by atoms with Gasteiger partial charge in [-0.1, -0.05) is 34.1 Å². The highest BCUT2D eigenvalue weighted by molar-refractivity contribution is 9.10. The second kappa shape index (κ2) is 7.40. The van der Waals surface area contributed by atoms with Crippen molar-refractivity contribution in [2.24, 2.45) is 0 Å². The van der Waals surface area contributed by atoms with Gasteiger partial charge in [0.2, 0.25) is 0 Å². The van der Waals surface area contributed by atoms with Crippen molar-refractivity contribution in [1.82, 2.24) is 0 Å². The lowest BCUT2D eigenvalue weighted by Crippen LogP contribution is -3.13. The summed E-state index contributed by atoms with van der Waals surface area (Å²) in [7, 11) is 0. The average Bonchev–Trinajstić information content (AvgIpc) is 3.36. The smallest absolute Gasteiger partial charge is 0.279 e. The number of nitrogens with one attached hydrogen (secondary N) is 2. The molecule has 0 radical (unpaired) electrons. The molecule has 1 amide bonds. The molecule has 1 atom stereocenters. The molecule has 0 aliphatic heterocycles. The fourth-order valence-electron chi connectivity index (χ4n) is 2.72. The summed E-state index contributed by atoms with van der Waals surface area (Å²) in [4.78, 5) is 13.3. The van der Waals surface area contributed by atoms with E-state index in [4.69, 9.17) is 0 Å². The summed E-state index contributed by atoms with van der Waals surface area (Å²) < 4.78 is 28.3. The summed E-state index contributed by atoms with van der Waals surface area (Å²) >= 11 is 3.18. The van der Waals surface area contributed by atoms with Gasteiger partial charge in [0.15, 0.2) is 6.54 Å². The van der Waals surface area contributed by atoms with Gasteiger partial charge in [-0.25, -0.2) is 8.78 Å². The van der Waals surface area contributed by atoms with Crippen molar-refractivity contribution in [3.63, 3.8) is 0 Å². The third-order valence-electron chi connectivity index (χ3n) is 4.12. The van der Waals surface area contributed by atoms with Gasteiger partial charge in [0, 0.05) is 22.9 Å². The second-order valence-corrected chi connectivity index (χ2v) is 6.97. The van der Waals surface area contributed by atoms with Gasteiger partial charge < -0.3 is 10.2 Å². The first kappa shape index (κ1) is 17.0. The molecular formula is C18H18BrF2N2O+. The molecule has 1 fully saturated rings. The van der Waals surface area contributed by atoms with Crippen LogP contribution in [0, 0.1) is 11.6 Å². The monoisotopic (exact) mass is 395 g/mol. The Balaban J connectivity index is 1.65. The van der Waals surface area contributed by atoms with Crippen LogP contribution in [-0.2, 0) is 11.3 Å². The third kappa shape index (κ3) is 4.39. The minimum absolute atomic E-state index is 0.157. The lowest BCUT2D eigenvalue weighted by molar-refractivity contribution is -0.917. The van der Waals surface area contributed by atoms with Crippen molar-refractivity contribution in [2.75, 3.05) is 11.9 Å². The molecule has 0 heterocycles.